The van der Waals surface area contributed by atoms with Gasteiger partial charge in [-0.3, -0.25) is 0 Å². The smallest absolute Gasteiger partial charge is 0.171 e. The Morgan fingerprint density at radius 1 is 1.05 bits per heavy atom. The van der Waals surface area contributed by atoms with Gasteiger partial charge in [-0.05, 0) is 48.0 Å². The Morgan fingerprint density at radius 2 is 1.73 bits per heavy atom. The number of nitrogens with one attached hydrogen (secondary N) is 2. The number of rotatable bonds is 5. The maximum atomic E-state index is 5.38. The van der Waals surface area contributed by atoms with Crippen LogP contribution >= 0.6 is 12.2 Å². The number of hydrogen-bond acceptors (Lipinski definition) is 2. The van der Waals surface area contributed by atoms with Gasteiger partial charge in [-0.15, -0.1) is 0 Å². The first-order valence-electron chi connectivity index (χ1n) is 7.49. The van der Waals surface area contributed by atoms with E-state index in [1.807, 2.05) is 26.2 Å². The van der Waals surface area contributed by atoms with Crippen molar-refractivity contribution in [3.8, 4) is 0 Å². The highest BCUT2D eigenvalue weighted by Crippen LogP contribution is 2.15. The summed E-state index contributed by atoms with van der Waals surface area (Å²) >= 11 is 5.38. The van der Waals surface area contributed by atoms with E-state index in [9.17, 15) is 0 Å². The largest absolute Gasteiger partial charge is 0.378 e. The Balaban J connectivity index is 1.90. The van der Waals surface area contributed by atoms with Crippen LogP contribution in [0, 0.1) is 0 Å². The Morgan fingerprint density at radius 3 is 2.36 bits per heavy atom. The lowest BCUT2D eigenvalue weighted by Crippen LogP contribution is -2.28. The molecule has 0 aliphatic rings. The second kappa shape index (κ2) is 7.80. The zero-order chi connectivity index (χ0) is 15.9. The van der Waals surface area contributed by atoms with Crippen molar-refractivity contribution in [1.29, 1.82) is 0 Å². The van der Waals surface area contributed by atoms with Crippen LogP contribution in [0.2, 0.25) is 0 Å². The van der Waals surface area contributed by atoms with Crippen LogP contribution in [0.1, 0.15) is 18.1 Å². The maximum Gasteiger partial charge on any atom is 0.171 e. The first-order chi connectivity index (χ1) is 10.6. The van der Waals surface area contributed by atoms with Crippen molar-refractivity contribution in [2.24, 2.45) is 0 Å². The minimum absolute atomic E-state index is 0.651. The molecular formula is C18H23N3S. The predicted octanol–water partition coefficient (Wildman–Crippen LogP) is 3.80. The van der Waals surface area contributed by atoms with E-state index in [0.717, 1.165) is 12.1 Å². The van der Waals surface area contributed by atoms with Crippen LogP contribution in [-0.4, -0.2) is 19.2 Å². The van der Waals surface area contributed by atoms with Gasteiger partial charge in [0.2, 0.25) is 0 Å². The molecule has 0 radical (unpaired) electrons. The van der Waals surface area contributed by atoms with Gasteiger partial charge in [0.1, 0.15) is 0 Å². The quantitative estimate of drug-likeness (QED) is 0.821. The molecule has 2 aromatic carbocycles. The predicted molar refractivity (Wildman–Crippen MR) is 99.6 cm³/mol. The van der Waals surface area contributed by atoms with Crippen molar-refractivity contribution in [3.63, 3.8) is 0 Å². The average molecular weight is 313 g/mol. The molecule has 0 aliphatic carbocycles. The van der Waals surface area contributed by atoms with Crippen LogP contribution in [0.5, 0.6) is 0 Å². The molecule has 4 heteroatoms. The summed E-state index contributed by atoms with van der Waals surface area (Å²) in [6.07, 6.45) is 0.984. The van der Waals surface area contributed by atoms with Gasteiger partial charge >= 0.3 is 0 Å². The summed E-state index contributed by atoms with van der Waals surface area (Å²) in [5.41, 5.74) is 4.74. The van der Waals surface area contributed by atoms with Gasteiger partial charge in [0.15, 0.2) is 5.11 Å². The summed E-state index contributed by atoms with van der Waals surface area (Å²) in [5, 5.41) is 7.18. The van der Waals surface area contributed by atoms with Crippen molar-refractivity contribution < 1.29 is 0 Å². The molecule has 0 unspecified atom stereocenters. The van der Waals surface area contributed by atoms with E-state index >= 15 is 0 Å². The van der Waals surface area contributed by atoms with Gasteiger partial charge in [0, 0.05) is 32.0 Å². The first kappa shape index (κ1) is 16.3. The molecule has 3 nitrogen and oxygen atoms in total. The fraction of sp³-hybridized carbons (Fsp3) is 0.278. The Labute approximate surface area is 138 Å². The fourth-order valence-electron chi connectivity index (χ4n) is 2.21. The molecule has 0 amide bonds. The van der Waals surface area contributed by atoms with E-state index in [1.165, 1.54) is 16.8 Å². The zero-order valence-electron chi connectivity index (χ0n) is 13.4. The molecular weight excluding hydrogens is 290 g/mol. The molecule has 2 aromatic rings. The van der Waals surface area contributed by atoms with E-state index < -0.39 is 0 Å². The van der Waals surface area contributed by atoms with E-state index in [4.69, 9.17) is 12.2 Å². The third-order valence-corrected chi connectivity index (χ3v) is 3.80. The lowest BCUT2D eigenvalue weighted by molar-refractivity contribution is 0.924. The minimum atomic E-state index is 0.651. The molecule has 116 valence electrons. The van der Waals surface area contributed by atoms with E-state index in [0.29, 0.717) is 11.7 Å². The van der Waals surface area contributed by atoms with E-state index in [2.05, 4.69) is 58.9 Å². The van der Waals surface area contributed by atoms with Gasteiger partial charge in [-0.25, -0.2) is 0 Å². The highest BCUT2D eigenvalue weighted by atomic mass is 32.1. The summed E-state index contributed by atoms with van der Waals surface area (Å²) < 4.78 is 0. The second-order valence-corrected chi connectivity index (χ2v) is 5.79. The molecule has 0 spiro atoms. The molecule has 22 heavy (non-hydrogen) atoms. The van der Waals surface area contributed by atoms with Gasteiger partial charge < -0.3 is 15.5 Å². The lowest BCUT2D eigenvalue weighted by Gasteiger charge is -2.15. The fourth-order valence-corrected chi connectivity index (χ4v) is 2.39. The highest BCUT2D eigenvalue weighted by molar-refractivity contribution is 7.80. The van der Waals surface area contributed by atoms with Crippen molar-refractivity contribution in [3.05, 3.63) is 59.7 Å². The SMILES string of the molecule is CCc1ccccc1NC(=S)NCc1ccc(N(C)C)cc1. The highest BCUT2D eigenvalue weighted by Gasteiger charge is 2.02. The Hall–Kier alpha value is -2.07. The third kappa shape index (κ3) is 4.46. The van der Waals surface area contributed by atoms with Crippen LogP contribution in [-0.2, 0) is 13.0 Å². The summed E-state index contributed by atoms with van der Waals surface area (Å²) in [6.45, 7) is 2.86. The zero-order valence-corrected chi connectivity index (χ0v) is 14.2. The van der Waals surface area contributed by atoms with E-state index in [-0.39, 0.29) is 0 Å². The van der Waals surface area contributed by atoms with Crippen LogP contribution in [0.4, 0.5) is 11.4 Å². The Kier molecular flexibility index (Phi) is 5.78. The second-order valence-electron chi connectivity index (χ2n) is 5.38. The molecule has 0 saturated heterocycles. The normalized spacial score (nSPS) is 10.1. The number of para-hydroxylation sites is 1. The molecule has 2 N–H and O–H groups in total. The average Bonchev–Trinajstić information content (AvgIpc) is 2.54. The number of benzene rings is 2. The molecule has 0 atom stereocenters. The minimum Gasteiger partial charge on any atom is -0.378 e. The van der Waals surface area contributed by atoms with Crippen LogP contribution in [0.3, 0.4) is 0 Å². The number of thiocarbonyl (C=S) groups is 1. The van der Waals surface area contributed by atoms with Crippen molar-refractivity contribution in [1.82, 2.24) is 5.32 Å². The third-order valence-electron chi connectivity index (χ3n) is 3.55. The van der Waals surface area contributed by atoms with Crippen molar-refractivity contribution in [2.75, 3.05) is 24.3 Å². The topological polar surface area (TPSA) is 27.3 Å². The summed E-state index contributed by atoms with van der Waals surface area (Å²) in [4.78, 5) is 2.09. The molecule has 0 saturated carbocycles. The first-order valence-corrected chi connectivity index (χ1v) is 7.90. The molecule has 2 rings (SSSR count). The molecule has 0 fully saturated rings. The summed E-state index contributed by atoms with van der Waals surface area (Å²) in [5.74, 6) is 0. The molecule has 0 heterocycles. The number of aryl methyl sites for hydroxylation is 1. The van der Waals surface area contributed by atoms with Gasteiger partial charge in [-0.2, -0.15) is 0 Å². The molecule has 0 bridgehead atoms. The van der Waals surface area contributed by atoms with Crippen LogP contribution in [0.15, 0.2) is 48.5 Å². The maximum absolute atomic E-state index is 5.38. The van der Waals surface area contributed by atoms with Gasteiger partial charge in [0.25, 0.3) is 0 Å². The monoisotopic (exact) mass is 313 g/mol. The Bertz CT molecular complexity index is 620. The number of anilines is 2. The van der Waals surface area contributed by atoms with Gasteiger partial charge in [-0.1, -0.05) is 37.3 Å². The standard InChI is InChI=1S/C18H23N3S/c1-4-15-7-5-6-8-17(15)20-18(22)19-13-14-9-11-16(12-10-14)21(2)3/h5-12H,4,13H2,1-3H3,(H2,19,20,22). The van der Waals surface area contributed by atoms with Gasteiger partial charge in [0.05, 0.1) is 0 Å². The van der Waals surface area contributed by atoms with Crippen molar-refractivity contribution >= 4 is 28.7 Å². The van der Waals surface area contributed by atoms with Crippen LogP contribution in [0.25, 0.3) is 0 Å². The number of nitrogens with zero attached hydrogens (tertiary/aromatic N) is 1. The summed E-state index contributed by atoms with van der Waals surface area (Å²) in [7, 11) is 4.08. The van der Waals surface area contributed by atoms with E-state index in [1.54, 1.807) is 0 Å². The lowest BCUT2D eigenvalue weighted by atomic mass is 10.1. The number of hydrogen-bond donors (Lipinski definition) is 2. The molecule has 0 aliphatic heterocycles. The van der Waals surface area contributed by atoms with Crippen LogP contribution < -0.4 is 15.5 Å². The van der Waals surface area contributed by atoms with Crippen molar-refractivity contribution in [2.45, 2.75) is 19.9 Å². The summed E-state index contributed by atoms with van der Waals surface area (Å²) in [6, 6.07) is 16.7. The molecule has 0 aromatic heterocycles.